The van der Waals surface area contributed by atoms with E-state index >= 15 is 0 Å². The summed E-state index contributed by atoms with van der Waals surface area (Å²) in [6.07, 6.45) is 5.18. The van der Waals surface area contributed by atoms with Crippen molar-refractivity contribution in [3.63, 3.8) is 0 Å². The maximum absolute atomic E-state index is 12.0. The molecule has 2 rings (SSSR count). The molecule has 0 unspecified atom stereocenters. The quantitative estimate of drug-likeness (QED) is 0.797. The molecule has 0 atom stereocenters. The highest BCUT2D eigenvalue weighted by atomic mass is 16.3. The first kappa shape index (κ1) is 14.8. The van der Waals surface area contributed by atoms with Gasteiger partial charge in [-0.25, -0.2) is 9.48 Å². The van der Waals surface area contributed by atoms with Gasteiger partial charge in [0.05, 0.1) is 12.3 Å². The van der Waals surface area contributed by atoms with E-state index in [0.29, 0.717) is 12.2 Å². The molecule has 1 aromatic carbocycles. The Morgan fingerprint density at radius 1 is 1.43 bits per heavy atom. The van der Waals surface area contributed by atoms with Crippen LogP contribution in [0.3, 0.4) is 0 Å². The maximum atomic E-state index is 12.0. The second-order valence-corrected chi connectivity index (χ2v) is 4.39. The van der Waals surface area contributed by atoms with Crippen LogP contribution in [0.15, 0.2) is 55.4 Å². The predicted octanol–water partition coefficient (Wildman–Crippen LogP) is 1.88. The van der Waals surface area contributed by atoms with E-state index in [1.54, 1.807) is 29.1 Å². The number of urea groups is 1. The van der Waals surface area contributed by atoms with Crippen molar-refractivity contribution in [1.82, 2.24) is 14.7 Å². The van der Waals surface area contributed by atoms with Crippen LogP contribution in [0.2, 0.25) is 0 Å². The molecule has 0 radical (unpaired) electrons. The molecular weight excluding hydrogens is 268 g/mol. The van der Waals surface area contributed by atoms with Crippen LogP contribution in [0, 0.1) is 0 Å². The molecule has 2 aromatic rings. The fourth-order valence-electron chi connectivity index (χ4n) is 1.87. The zero-order valence-corrected chi connectivity index (χ0v) is 11.6. The fraction of sp³-hybridized carbons (Fsp3) is 0.200. The third-order valence-corrected chi connectivity index (χ3v) is 2.89. The second kappa shape index (κ2) is 7.25. The zero-order chi connectivity index (χ0) is 15.1. The highest BCUT2D eigenvalue weighted by molar-refractivity contribution is 5.89. The standard InChI is InChI=1S/C15H18N4O2/c1-2-9-18(11-12-20)15(21)17-13-4-6-14(7-5-13)19-10-3-8-16-19/h2-8,10,20H,1,9,11-12H2,(H,17,21). The van der Waals surface area contributed by atoms with Crippen molar-refractivity contribution >= 4 is 11.7 Å². The van der Waals surface area contributed by atoms with Gasteiger partial charge in [0.25, 0.3) is 0 Å². The Kier molecular flexibility index (Phi) is 5.11. The van der Waals surface area contributed by atoms with Gasteiger partial charge in [0.1, 0.15) is 0 Å². The van der Waals surface area contributed by atoms with E-state index in [1.165, 1.54) is 4.90 Å². The molecule has 0 bridgehead atoms. The molecule has 2 N–H and O–H groups in total. The molecule has 0 aliphatic heterocycles. The zero-order valence-electron chi connectivity index (χ0n) is 11.6. The lowest BCUT2D eigenvalue weighted by Crippen LogP contribution is -2.37. The van der Waals surface area contributed by atoms with Crippen LogP contribution in [0.1, 0.15) is 0 Å². The van der Waals surface area contributed by atoms with Crippen molar-refractivity contribution in [3.05, 3.63) is 55.4 Å². The van der Waals surface area contributed by atoms with Gasteiger partial charge in [-0.05, 0) is 30.3 Å². The SMILES string of the molecule is C=CCN(CCO)C(=O)Nc1ccc(-n2cccn2)cc1. The normalized spacial score (nSPS) is 10.1. The number of nitrogens with zero attached hydrogens (tertiary/aromatic N) is 3. The Hall–Kier alpha value is -2.60. The molecule has 0 spiro atoms. The van der Waals surface area contributed by atoms with Gasteiger partial charge in [0, 0.05) is 31.2 Å². The number of carbonyl (C=O) groups is 1. The Labute approximate surface area is 123 Å². The van der Waals surface area contributed by atoms with Crippen molar-refractivity contribution in [3.8, 4) is 5.69 Å². The Morgan fingerprint density at radius 3 is 2.76 bits per heavy atom. The lowest BCUT2D eigenvalue weighted by Gasteiger charge is -2.20. The molecule has 21 heavy (non-hydrogen) atoms. The molecule has 1 aromatic heterocycles. The number of hydrogen-bond donors (Lipinski definition) is 2. The summed E-state index contributed by atoms with van der Waals surface area (Å²) in [5, 5.41) is 15.9. The number of aromatic nitrogens is 2. The minimum Gasteiger partial charge on any atom is -0.395 e. The fourth-order valence-corrected chi connectivity index (χ4v) is 1.87. The van der Waals surface area contributed by atoms with E-state index < -0.39 is 0 Å². The molecule has 6 heteroatoms. The highest BCUT2D eigenvalue weighted by Crippen LogP contribution is 2.13. The van der Waals surface area contributed by atoms with E-state index in [1.807, 2.05) is 24.4 Å². The molecular formula is C15H18N4O2. The summed E-state index contributed by atoms with van der Waals surface area (Å²) in [6.45, 7) is 4.17. The Morgan fingerprint density at radius 2 is 2.19 bits per heavy atom. The first-order valence-electron chi connectivity index (χ1n) is 6.62. The van der Waals surface area contributed by atoms with Gasteiger partial charge < -0.3 is 15.3 Å². The van der Waals surface area contributed by atoms with E-state index in [4.69, 9.17) is 5.11 Å². The third-order valence-electron chi connectivity index (χ3n) is 2.89. The average molecular weight is 286 g/mol. The Bertz CT molecular complexity index is 578. The summed E-state index contributed by atoms with van der Waals surface area (Å²) in [5.74, 6) is 0. The van der Waals surface area contributed by atoms with Gasteiger partial charge in [-0.15, -0.1) is 6.58 Å². The van der Waals surface area contributed by atoms with Gasteiger partial charge in [-0.3, -0.25) is 0 Å². The van der Waals surface area contributed by atoms with Gasteiger partial charge >= 0.3 is 6.03 Å². The van der Waals surface area contributed by atoms with Crippen LogP contribution in [-0.4, -0.2) is 45.5 Å². The number of hydrogen-bond acceptors (Lipinski definition) is 3. The van der Waals surface area contributed by atoms with E-state index in [-0.39, 0.29) is 19.2 Å². The molecule has 1 heterocycles. The number of carbonyl (C=O) groups excluding carboxylic acids is 1. The topological polar surface area (TPSA) is 70.4 Å². The first-order chi connectivity index (χ1) is 10.2. The summed E-state index contributed by atoms with van der Waals surface area (Å²) < 4.78 is 1.74. The van der Waals surface area contributed by atoms with E-state index in [2.05, 4.69) is 17.0 Å². The van der Waals surface area contributed by atoms with Crippen molar-refractivity contribution in [2.75, 3.05) is 25.0 Å². The van der Waals surface area contributed by atoms with Crippen LogP contribution in [-0.2, 0) is 0 Å². The van der Waals surface area contributed by atoms with Crippen LogP contribution >= 0.6 is 0 Å². The summed E-state index contributed by atoms with van der Waals surface area (Å²) >= 11 is 0. The Balaban J connectivity index is 2.02. The largest absolute Gasteiger partial charge is 0.395 e. The van der Waals surface area contributed by atoms with Gasteiger partial charge in [-0.1, -0.05) is 6.08 Å². The maximum Gasteiger partial charge on any atom is 0.322 e. The van der Waals surface area contributed by atoms with E-state index in [9.17, 15) is 4.79 Å². The smallest absolute Gasteiger partial charge is 0.322 e. The predicted molar refractivity (Wildman–Crippen MR) is 81.4 cm³/mol. The number of rotatable bonds is 6. The molecule has 0 saturated carbocycles. The first-order valence-corrected chi connectivity index (χ1v) is 6.62. The van der Waals surface area contributed by atoms with Crippen LogP contribution in [0.5, 0.6) is 0 Å². The molecule has 110 valence electrons. The van der Waals surface area contributed by atoms with Crippen molar-refractivity contribution in [2.45, 2.75) is 0 Å². The lowest BCUT2D eigenvalue weighted by molar-refractivity contribution is 0.195. The van der Waals surface area contributed by atoms with Crippen LogP contribution in [0.25, 0.3) is 5.69 Å². The number of anilines is 1. The summed E-state index contributed by atoms with van der Waals surface area (Å²) in [6, 6.07) is 8.92. The monoisotopic (exact) mass is 286 g/mol. The van der Waals surface area contributed by atoms with Crippen molar-refractivity contribution < 1.29 is 9.90 Å². The molecule has 0 aliphatic rings. The summed E-state index contributed by atoms with van der Waals surface area (Å²) in [5.41, 5.74) is 1.60. The molecule has 0 fully saturated rings. The molecule has 0 saturated heterocycles. The van der Waals surface area contributed by atoms with Crippen molar-refractivity contribution in [2.24, 2.45) is 0 Å². The third kappa shape index (κ3) is 3.93. The van der Waals surface area contributed by atoms with Crippen LogP contribution in [0.4, 0.5) is 10.5 Å². The van der Waals surface area contributed by atoms with Crippen LogP contribution < -0.4 is 5.32 Å². The minimum absolute atomic E-state index is 0.0838. The number of aliphatic hydroxyl groups excluding tert-OH is 1. The number of benzene rings is 1. The summed E-state index contributed by atoms with van der Waals surface area (Å²) in [7, 11) is 0. The highest BCUT2D eigenvalue weighted by Gasteiger charge is 2.11. The van der Waals surface area contributed by atoms with E-state index in [0.717, 1.165) is 5.69 Å². The van der Waals surface area contributed by atoms with Crippen molar-refractivity contribution in [1.29, 1.82) is 0 Å². The average Bonchev–Trinajstić information content (AvgIpc) is 3.02. The lowest BCUT2D eigenvalue weighted by atomic mass is 10.3. The second-order valence-electron chi connectivity index (χ2n) is 4.39. The molecule has 6 nitrogen and oxygen atoms in total. The number of nitrogens with one attached hydrogen (secondary N) is 1. The minimum atomic E-state index is -0.268. The van der Waals surface area contributed by atoms with Gasteiger partial charge in [0.2, 0.25) is 0 Å². The number of amides is 2. The summed E-state index contributed by atoms with van der Waals surface area (Å²) in [4.78, 5) is 13.5. The molecule has 2 amide bonds. The van der Waals surface area contributed by atoms with Gasteiger partial charge in [0.15, 0.2) is 0 Å². The molecule has 0 aliphatic carbocycles. The van der Waals surface area contributed by atoms with Gasteiger partial charge in [-0.2, -0.15) is 5.10 Å². The number of aliphatic hydroxyl groups is 1.